The Labute approximate surface area is 158 Å². The minimum atomic E-state index is -0.596. The zero-order chi connectivity index (χ0) is 19.3. The topological polar surface area (TPSA) is 83.2 Å². The van der Waals surface area contributed by atoms with E-state index < -0.39 is 5.76 Å². The molecule has 3 aromatic heterocycles. The van der Waals surface area contributed by atoms with Crippen LogP contribution in [0.5, 0.6) is 0 Å². The van der Waals surface area contributed by atoms with Gasteiger partial charge in [-0.2, -0.15) is 0 Å². The molecule has 0 aliphatic rings. The number of hydrogen-bond donors (Lipinski definition) is 0. The summed E-state index contributed by atoms with van der Waals surface area (Å²) in [7, 11) is 0. The van der Waals surface area contributed by atoms with Crippen molar-refractivity contribution < 1.29 is 13.7 Å². The van der Waals surface area contributed by atoms with E-state index >= 15 is 0 Å². The minimum absolute atomic E-state index is 0.129. The molecule has 0 fully saturated rings. The first-order valence-corrected chi connectivity index (χ1v) is 8.67. The number of halogens is 1. The number of carbonyl (C=O) groups excluding carboxylic acids is 1. The largest absolute Gasteiger partial charge is 0.420 e. The molecule has 7 nitrogen and oxygen atoms in total. The zero-order valence-corrected chi connectivity index (χ0v) is 15.7. The van der Waals surface area contributed by atoms with E-state index in [2.05, 4.69) is 5.16 Å². The second-order valence-electron chi connectivity index (χ2n) is 6.41. The number of rotatable bonds is 4. The Balaban J connectivity index is 1.73. The maximum Gasteiger partial charge on any atom is 0.420 e. The molecule has 0 atom stereocenters. The first-order valence-electron chi connectivity index (χ1n) is 8.30. The third-order valence-electron chi connectivity index (χ3n) is 4.51. The van der Waals surface area contributed by atoms with Crippen LogP contribution < -0.4 is 5.76 Å². The van der Waals surface area contributed by atoms with Crippen molar-refractivity contribution in [3.05, 3.63) is 68.6 Å². The lowest BCUT2D eigenvalue weighted by atomic mass is 10.1. The van der Waals surface area contributed by atoms with Gasteiger partial charge in [0.05, 0.1) is 12.1 Å². The number of ketones is 1. The van der Waals surface area contributed by atoms with Gasteiger partial charge in [-0.1, -0.05) is 16.8 Å². The molecule has 138 valence electrons. The maximum atomic E-state index is 12.9. The molecule has 0 unspecified atom stereocenters. The van der Waals surface area contributed by atoms with Crippen LogP contribution in [0.15, 0.2) is 44.1 Å². The number of Topliss-reactive ketones (excluding diaryl/α,β-unsaturated/α-hetero) is 1. The van der Waals surface area contributed by atoms with Crippen molar-refractivity contribution in [1.29, 1.82) is 0 Å². The van der Waals surface area contributed by atoms with Gasteiger partial charge >= 0.3 is 5.76 Å². The first kappa shape index (κ1) is 17.4. The summed E-state index contributed by atoms with van der Waals surface area (Å²) in [5.41, 5.74) is 2.97. The lowest BCUT2D eigenvalue weighted by molar-refractivity contribution is 0.0970. The second kappa shape index (κ2) is 6.28. The Kier molecular flexibility index (Phi) is 4.04. The Bertz CT molecular complexity index is 1240. The van der Waals surface area contributed by atoms with Crippen molar-refractivity contribution in [1.82, 2.24) is 14.3 Å². The summed E-state index contributed by atoms with van der Waals surface area (Å²) >= 11 is 5.93. The van der Waals surface area contributed by atoms with Crippen LogP contribution in [-0.2, 0) is 6.54 Å². The quantitative estimate of drug-likeness (QED) is 0.498. The average molecular weight is 386 g/mol. The molecule has 3 heterocycles. The fourth-order valence-corrected chi connectivity index (χ4v) is 3.44. The molecule has 0 aliphatic carbocycles. The number of oxazole rings is 1. The fourth-order valence-electron chi connectivity index (χ4n) is 3.27. The van der Waals surface area contributed by atoms with Gasteiger partial charge in [0, 0.05) is 34.1 Å². The van der Waals surface area contributed by atoms with E-state index in [1.54, 1.807) is 37.3 Å². The predicted molar refractivity (Wildman–Crippen MR) is 99.9 cm³/mol. The summed E-state index contributed by atoms with van der Waals surface area (Å²) in [6.07, 6.45) is 0. The molecular formula is C19H16ClN3O4. The molecule has 4 rings (SSSR count). The molecule has 0 bridgehead atoms. The molecule has 27 heavy (non-hydrogen) atoms. The van der Waals surface area contributed by atoms with Crippen molar-refractivity contribution in [2.24, 2.45) is 0 Å². The highest BCUT2D eigenvalue weighted by Crippen LogP contribution is 2.23. The van der Waals surface area contributed by atoms with Gasteiger partial charge in [0.15, 0.2) is 17.2 Å². The first-order chi connectivity index (χ1) is 12.8. The zero-order valence-electron chi connectivity index (χ0n) is 14.9. The van der Waals surface area contributed by atoms with Gasteiger partial charge in [0.2, 0.25) is 0 Å². The summed E-state index contributed by atoms with van der Waals surface area (Å²) in [6.45, 7) is 5.39. The minimum Gasteiger partial charge on any atom is -0.408 e. The van der Waals surface area contributed by atoms with Crippen molar-refractivity contribution in [3.8, 4) is 5.82 Å². The standard InChI is InChI=1S/C19H16ClN3O4/c1-10-6-14(12(3)23(10)18-7-11(2)27-21-18)16(24)9-22-15-5-4-13(20)8-17(15)26-19(22)25/h4-8H,9H2,1-3H3. The Morgan fingerprint density at radius 3 is 2.67 bits per heavy atom. The molecule has 0 N–H and O–H groups in total. The van der Waals surface area contributed by atoms with Crippen molar-refractivity contribution in [2.45, 2.75) is 27.3 Å². The highest BCUT2D eigenvalue weighted by molar-refractivity contribution is 6.31. The Hall–Kier alpha value is -3.06. The van der Waals surface area contributed by atoms with Gasteiger partial charge in [-0.25, -0.2) is 4.79 Å². The Morgan fingerprint density at radius 1 is 1.19 bits per heavy atom. The third-order valence-corrected chi connectivity index (χ3v) is 4.74. The van der Waals surface area contributed by atoms with E-state index in [-0.39, 0.29) is 12.3 Å². The van der Waals surface area contributed by atoms with Gasteiger partial charge in [0.25, 0.3) is 0 Å². The van der Waals surface area contributed by atoms with Gasteiger partial charge in [-0.3, -0.25) is 13.9 Å². The average Bonchev–Trinajstić information content (AvgIpc) is 3.24. The van der Waals surface area contributed by atoms with Crippen LogP contribution in [0.25, 0.3) is 16.9 Å². The van der Waals surface area contributed by atoms with Gasteiger partial charge in [-0.15, -0.1) is 0 Å². The van der Waals surface area contributed by atoms with E-state index in [0.29, 0.717) is 33.3 Å². The fraction of sp³-hybridized carbons (Fsp3) is 0.211. The SMILES string of the molecule is Cc1cc(-n2c(C)cc(C(=O)Cn3c(=O)oc4cc(Cl)ccc43)c2C)no1. The highest BCUT2D eigenvalue weighted by Gasteiger charge is 2.20. The summed E-state index contributed by atoms with van der Waals surface area (Å²) in [5.74, 6) is 0.499. The van der Waals surface area contributed by atoms with Crippen molar-refractivity contribution in [2.75, 3.05) is 0 Å². The van der Waals surface area contributed by atoms with Crippen LogP contribution in [0.3, 0.4) is 0 Å². The molecule has 0 saturated carbocycles. The number of fused-ring (bicyclic) bond motifs is 1. The lowest BCUT2D eigenvalue weighted by Crippen LogP contribution is -2.20. The van der Waals surface area contributed by atoms with E-state index in [4.69, 9.17) is 20.5 Å². The van der Waals surface area contributed by atoms with Crippen LogP contribution in [0.2, 0.25) is 5.02 Å². The number of aryl methyl sites for hydroxylation is 2. The van der Waals surface area contributed by atoms with Crippen LogP contribution >= 0.6 is 11.6 Å². The van der Waals surface area contributed by atoms with Crippen LogP contribution in [0, 0.1) is 20.8 Å². The molecule has 8 heteroatoms. The molecule has 0 amide bonds. The smallest absolute Gasteiger partial charge is 0.408 e. The number of carbonyl (C=O) groups is 1. The van der Waals surface area contributed by atoms with Crippen LogP contribution in [0.4, 0.5) is 0 Å². The molecule has 0 aliphatic heterocycles. The second-order valence-corrected chi connectivity index (χ2v) is 6.84. The van der Waals surface area contributed by atoms with Crippen molar-refractivity contribution in [3.63, 3.8) is 0 Å². The normalized spacial score (nSPS) is 11.4. The summed E-state index contributed by atoms with van der Waals surface area (Å²) in [6, 6.07) is 8.45. The molecule has 0 radical (unpaired) electrons. The van der Waals surface area contributed by atoms with E-state index in [1.165, 1.54) is 4.57 Å². The van der Waals surface area contributed by atoms with Crippen molar-refractivity contribution >= 4 is 28.5 Å². The molecule has 0 saturated heterocycles. The lowest BCUT2D eigenvalue weighted by Gasteiger charge is -2.05. The summed E-state index contributed by atoms with van der Waals surface area (Å²) in [5, 5.41) is 4.47. The predicted octanol–water partition coefficient (Wildman–Crippen LogP) is 3.83. The van der Waals surface area contributed by atoms with Gasteiger partial charge < -0.3 is 8.94 Å². The number of nitrogens with zero attached hydrogens (tertiary/aromatic N) is 3. The third kappa shape index (κ3) is 2.90. The van der Waals surface area contributed by atoms with Crippen LogP contribution in [-0.4, -0.2) is 20.1 Å². The Morgan fingerprint density at radius 2 is 1.96 bits per heavy atom. The molecular weight excluding hydrogens is 370 g/mol. The molecule has 4 aromatic rings. The van der Waals surface area contributed by atoms with Gasteiger partial charge in [-0.05, 0) is 39.0 Å². The number of aromatic nitrogens is 3. The summed E-state index contributed by atoms with van der Waals surface area (Å²) < 4.78 is 13.5. The van der Waals surface area contributed by atoms with E-state index in [0.717, 1.165) is 11.4 Å². The molecule has 1 aromatic carbocycles. The monoisotopic (exact) mass is 385 g/mol. The number of hydrogen-bond acceptors (Lipinski definition) is 5. The molecule has 0 spiro atoms. The van der Waals surface area contributed by atoms with E-state index in [9.17, 15) is 9.59 Å². The highest BCUT2D eigenvalue weighted by atomic mass is 35.5. The van der Waals surface area contributed by atoms with Crippen LogP contribution in [0.1, 0.15) is 27.5 Å². The maximum absolute atomic E-state index is 12.9. The number of benzene rings is 1. The van der Waals surface area contributed by atoms with E-state index in [1.807, 2.05) is 18.4 Å². The van der Waals surface area contributed by atoms with Gasteiger partial charge in [0.1, 0.15) is 5.76 Å². The summed E-state index contributed by atoms with van der Waals surface area (Å²) in [4.78, 5) is 25.1.